The van der Waals surface area contributed by atoms with Gasteiger partial charge in [0, 0.05) is 29.3 Å². The first-order valence-electron chi connectivity index (χ1n) is 10.2. The molecule has 162 valence electrons. The average Bonchev–Trinajstić information content (AvgIpc) is 2.73. The summed E-state index contributed by atoms with van der Waals surface area (Å²) in [5.74, 6) is 1.34. The summed E-state index contributed by atoms with van der Waals surface area (Å²) in [6.45, 7) is 7.17. The molecule has 0 saturated heterocycles. The third kappa shape index (κ3) is 6.76. The van der Waals surface area contributed by atoms with Gasteiger partial charge in [-0.15, -0.1) is 0 Å². The van der Waals surface area contributed by atoms with Crippen molar-refractivity contribution in [1.82, 2.24) is 0 Å². The largest absolute Gasteiger partial charge is 0.490 e. The molecule has 1 amide bonds. The van der Waals surface area contributed by atoms with Crippen LogP contribution in [0.1, 0.15) is 30.5 Å². The predicted molar refractivity (Wildman–Crippen MR) is 129 cm³/mol. The zero-order valence-corrected chi connectivity index (χ0v) is 19.6. The molecule has 3 rings (SSSR count). The predicted octanol–water partition coefficient (Wildman–Crippen LogP) is 6.31. The van der Waals surface area contributed by atoms with E-state index >= 15 is 0 Å². The van der Waals surface area contributed by atoms with Gasteiger partial charge in [0.05, 0.1) is 6.61 Å². The summed E-state index contributed by atoms with van der Waals surface area (Å²) in [7, 11) is 0. The quantitative estimate of drug-likeness (QED) is 0.375. The van der Waals surface area contributed by atoms with Crippen LogP contribution in [0, 0.1) is 6.92 Å². The van der Waals surface area contributed by atoms with Crippen molar-refractivity contribution in [1.29, 1.82) is 0 Å². The second-order valence-corrected chi connectivity index (χ2v) is 8.07. The van der Waals surface area contributed by atoms with Crippen LogP contribution in [0.4, 0.5) is 11.4 Å². The topological polar surface area (TPSA) is 59.6 Å². The zero-order chi connectivity index (χ0) is 22.2. The van der Waals surface area contributed by atoms with Gasteiger partial charge in [0.25, 0.3) is 0 Å². The van der Waals surface area contributed by atoms with Crippen LogP contribution in [0.15, 0.2) is 65.1 Å². The van der Waals surface area contributed by atoms with E-state index in [9.17, 15) is 4.79 Å². The van der Waals surface area contributed by atoms with Gasteiger partial charge in [0.1, 0.15) is 6.61 Å². The number of hydrogen-bond donors (Lipinski definition) is 2. The van der Waals surface area contributed by atoms with E-state index in [0.29, 0.717) is 25.5 Å². The number of carbonyl (C=O) groups excluding carboxylic acids is 1. The number of rotatable bonds is 9. The summed E-state index contributed by atoms with van der Waals surface area (Å²) in [5.41, 5.74) is 5.11. The van der Waals surface area contributed by atoms with Crippen molar-refractivity contribution in [3.8, 4) is 11.5 Å². The van der Waals surface area contributed by atoms with Crippen LogP contribution < -0.4 is 20.1 Å². The Morgan fingerprint density at radius 1 is 0.968 bits per heavy atom. The van der Waals surface area contributed by atoms with Crippen LogP contribution in [0.5, 0.6) is 11.5 Å². The summed E-state index contributed by atoms with van der Waals surface area (Å²) in [5, 5.41) is 6.16. The Labute approximate surface area is 191 Å². The number of carbonyl (C=O) groups is 1. The number of aryl methyl sites for hydroxylation is 1. The molecule has 0 fully saturated rings. The molecule has 0 spiro atoms. The molecule has 0 aromatic heterocycles. The highest BCUT2D eigenvalue weighted by atomic mass is 79.9. The van der Waals surface area contributed by atoms with Crippen LogP contribution in [-0.4, -0.2) is 12.5 Å². The lowest BCUT2D eigenvalue weighted by Gasteiger charge is -2.16. The van der Waals surface area contributed by atoms with E-state index < -0.39 is 0 Å². The van der Waals surface area contributed by atoms with E-state index in [1.54, 1.807) is 0 Å². The fraction of sp³-hybridized carbons (Fsp3) is 0.240. The number of nitrogens with one attached hydrogen (secondary N) is 2. The molecule has 2 N–H and O–H groups in total. The van der Waals surface area contributed by atoms with Crippen molar-refractivity contribution < 1.29 is 14.3 Å². The van der Waals surface area contributed by atoms with Crippen LogP contribution in [-0.2, 0) is 17.9 Å². The van der Waals surface area contributed by atoms with Crippen molar-refractivity contribution in [2.24, 2.45) is 0 Å². The summed E-state index contributed by atoms with van der Waals surface area (Å²) in [6, 6.07) is 19.8. The van der Waals surface area contributed by atoms with Gasteiger partial charge in [-0.3, -0.25) is 4.79 Å². The van der Waals surface area contributed by atoms with Gasteiger partial charge in [0.2, 0.25) is 5.91 Å². The molecule has 5 nitrogen and oxygen atoms in total. The molecule has 0 aliphatic heterocycles. The third-order valence-corrected chi connectivity index (χ3v) is 5.32. The first kappa shape index (κ1) is 22.7. The van der Waals surface area contributed by atoms with Crippen LogP contribution in [0.3, 0.4) is 0 Å². The number of benzene rings is 3. The van der Waals surface area contributed by atoms with Crippen molar-refractivity contribution in [3.05, 3.63) is 81.8 Å². The van der Waals surface area contributed by atoms with Crippen LogP contribution >= 0.6 is 15.9 Å². The van der Waals surface area contributed by atoms with E-state index in [1.807, 2.05) is 49.4 Å². The van der Waals surface area contributed by atoms with Crippen LogP contribution in [0.25, 0.3) is 0 Å². The molecule has 0 bridgehead atoms. The maximum Gasteiger partial charge on any atom is 0.221 e. The van der Waals surface area contributed by atoms with Gasteiger partial charge in [-0.1, -0.05) is 45.8 Å². The minimum atomic E-state index is -0.0854. The third-order valence-electron chi connectivity index (χ3n) is 4.58. The number of halogens is 1. The molecule has 0 atom stereocenters. The van der Waals surface area contributed by atoms with Crippen molar-refractivity contribution >= 4 is 33.2 Å². The highest BCUT2D eigenvalue weighted by Gasteiger charge is 2.12. The lowest BCUT2D eigenvalue weighted by Crippen LogP contribution is -2.06. The lowest BCUT2D eigenvalue weighted by molar-refractivity contribution is -0.114. The van der Waals surface area contributed by atoms with Crippen molar-refractivity contribution in [2.45, 2.75) is 33.9 Å². The maximum atomic E-state index is 11.1. The Bertz CT molecular complexity index is 1040. The molecule has 0 aliphatic carbocycles. The maximum absolute atomic E-state index is 11.1. The molecule has 0 radical (unpaired) electrons. The van der Waals surface area contributed by atoms with E-state index in [1.165, 1.54) is 12.5 Å². The summed E-state index contributed by atoms with van der Waals surface area (Å²) < 4.78 is 12.8. The Morgan fingerprint density at radius 2 is 1.68 bits per heavy atom. The highest BCUT2D eigenvalue weighted by molar-refractivity contribution is 9.10. The monoisotopic (exact) mass is 482 g/mol. The fourth-order valence-corrected chi connectivity index (χ4v) is 3.59. The van der Waals surface area contributed by atoms with Gasteiger partial charge in [-0.2, -0.15) is 0 Å². The molecule has 3 aromatic carbocycles. The number of ether oxygens (including phenoxy) is 2. The average molecular weight is 483 g/mol. The lowest BCUT2D eigenvalue weighted by atomic mass is 10.1. The second-order valence-electron chi connectivity index (χ2n) is 7.21. The van der Waals surface area contributed by atoms with Gasteiger partial charge in [-0.05, 0) is 61.4 Å². The summed E-state index contributed by atoms with van der Waals surface area (Å²) in [6.07, 6.45) is 0. The van der Waals surface area contributed by atoms with Gasteiger partial charge < -0.3 is 20.1 Å². The summed E-state index contributed by atoms with van der Waals surface area (Å²) >= 11 is 3.66. The van der Waals surface area contributed by atoms with E-state index in [0.717, 1.165) is 32.7 Å². The molecule has 31 heavy (non-hydrogen) atoms. The van der Waals surface area contributed by atoms with E-state index in [-0.39, 0.29) is 5.91 Å². The second kappa shape index (κ2) is 10.9. The Hall–Kier alpha value is -2.99. The normalized spacial score (nSPS) is 10.5. The van der Waals surface area contributed by atoms with Crippen LogP contribution in [0.2, 0.25) is 0 Å². The number of hydrogen-bond acceptors (Lipinski definition) is 4. The number of amides is 1. The van der Waals surface area contributed by atoms with Gasteiger partial charge in [-0.25, -0.2) is 0 Å². The minimum Gasteiger partial charge on any atom is -0.490 e. The molecular weight excluding hydrogens is 456 g/mol. The first-order chi connectivity index (χ1) is 14.9. The number of anilines is 2. The van der Waals surface area contributed by atoms with Crippen molar-refractivity contribution in [2.75, 3.05) is 17.2 Å². The Balaban J connectivity index is 1.69. The molecule has 6 heteroatoms. The molecule has 0 heterocycles. The fourth-order valence-electron chi connectivity index (χ4n) is 3.13. The van der Waals surface area contributed by atoms with E-state index in [2.05, 4.69) is 51.7 Å². The smallest absolute Gasteiger partial charge is 0.221 e. The zero-order valence-electron chi connectivity index (χ0n) is 18.0. The minimum absolute atomic E-state index is 0.0854. The Morgan fingerprint density at radius 3 is 2.35 bits per heavy atom. The highest BCUT2D eigenvalue weighted by Crippen LogP contribution is 2.35. The van der Waals surface area contributed by atoms with Gasteiger partial charge in [0.15, 0.2) is 11.5 Å². The van der Waals surface area contributed by atoms with Gasteiger partial charge >= 0.3 is 0 Å². The molecule has 0 aliphatic rings. The molecular formula is C25H27BrN2O3. The summed E-state index contributed by atoms with van der Waals surface area (Å²) in [4.78, 5) is 11.1. The molecule has 0 saturated carbocycles. The SMILES string of the molecule is CCOc1cc(CNc2ccc(NC(C)=O)cc2)c(Br)cc1OCc1cccc(C)c1. The molecule has 3 aromatic rings. The van der Waals surface area contributed by atoms with Crippen molar-refractivity contribution in [3.63, 3.8) is 0 Å². The van der Waals surface area contributed by atoms with E-state index in [4.69, 9.17) is 9.47 Å². The Kier molecular flexibility index (Phi) is 7.95. The molecule has 0 unspecified atom stereocenters. The first-order valence-corrected chi connectivity index (χ1v) is 11.0. The standard InChI is InChI=1S/C25H27BrN2O3/c1-4-30-24-13-20(15-27-21-8-10-22(11-9-21)28-18(3)29)23(26)14-25(24)31-16-19-7-5-6-17(2)12-19/h5-14,27H,4,15-16H2,1-3H3,(H,28,29).